The topological polar surface area (TPSA) is 31.5 Å². The van der Waals surface area contributed by atoms with Crippen LogP contribution in [0.4, 0.5) is 0 Å². The second-order valence-corrected chi connectivity index (χ2v) is 11.5. The first kappa shape index (κ1) is 18.0. The molecule has 2 N–H and O–H groups in total. The third-order valence-electron chi connectivity index (χ3n) is 1.15. The van der Waals surface area contributed by atoms with Gasteiger partial charge in [0.15, 0.2) is 0 Å². The molecule has 11 heavy (non-hydrogen) atoms. The van der Waals surface area contributed by atoms with Crippen LogP contribution in [0.1, 0.15) is 27.7 Å². The van der Waals surface area contributed by atoms with E-state index < -0.39 is 0 Å². The molecule has 0 aromatic heterocycles. The average molecular weight is 281 g/mol. The average Bonchev–Trinajstić information content (AvgIpc) is 1.93. The smallest absolute Gasteiger partial charge is 0.412 e. The number of rotatable bonds is 4. The zero-order chi connectivity index (χ0) is 8.24. The molecule has 0 saturated carbocycles. The summed E-state index contributed by atoms with van der Waals surface area (Å²) < 4.78 is 0. The maximum absolute atomic E-state index is 2.28. The van der Waals surface area contributed by atoms with Gasteiger partial charge in [0.2, 0.25) is 0 Å². The predicted octanol–water partition coefficient (Wildman–Crippen LogP) is 1.77. The Morgan fingerprint density at radius 2 is 0.818 bits per heavy atom. The van der Waals surface area contributed by atoms with Gasteiger partial charge in [-0.25, -0.2) is 0 Å². The van der Waals surface area contributed by atoms with Crippen LogP contribution in [0.2, 0.25) is 21.0 Å². The van der Waals surface area contributed by atoms with Crippen LogP contribution in [0.5, 0.6) is 0 Å². The molecule has 0 aliphatic rings. The van der Waals surface area contributed by atoms with Crippen molar-refractivity contribution in [1.82, 2.24) is 0 Å². The Labute approximate surface area is 85.0 Å². The zero-order valence-electron chi connectivity index (χ0n) is 8.48. The molecular formula is C8H24Ge2O. The molecule has 0 heterocycles. The summed E-state index contributed by atoms with van der Waals surface area (Å²) in [6.45, 7) is 9.12. The van der Waals surface area contributed by atoms with E-state index in [1.165, 1.54) is 21.0 Å². The molecule has 0 rings (SSSR count). The minimum Gasteiger partial charge on any atom is -0.412 e. The molecule has 0 bridgehead atoms. The van der Waals surface area contributed by atoms with Crippen molar-refractivity contribution < 1.29 is 5.48 Å². The first-order chi connectivity index (χ1) is 4.83. The molecule has 0 saturated heterocycles. The van der Waals surface area contributed by atoms with Crippen LogP contribution in [-0.4, -0.2) is 36.3 Å². The molecule has 0 amide bonds. The molecule has 0 aliphatic heterocycles. The largest absolute Gasteiger partial charge is 0.412 e. The Kier molecular flexibility index (Phi) is 36.7. The fourth-order valence-corrected chi connectivity index (χ4v) is 3.00. The molecule has 70 valence electrons. The van der Waals surface area contributed by atoms with Gasteiger partial charge in [-0.15, -0.1) is 0 Å². The van der Waals surface area contributed by atoms with Crippen LogP contribution in [0.3, 0.4) is 0 Å². The molecule has 0 aromatic carbocycles. The molecule has 0 spiro atoms. The van der Waals surface area contributed by atoms with Gasteiger partial charge in [0.1, 0.15) is 0 Å². The Hall–Kier alpha value is 1.05. The van der Waals surface area contributed by atoms with Crippen molar-refractivity contribution in [1.29, 1.82) is 0 Å². The van der Waals surface area contributed by atoms with Gasteiger partial charge in [-0.05, 0) is 0 Å². The van der Waals surface area contributed by atoms with Gasteiger partial charge in [0, 0.05) is 0 Å². The summed E-state index contributed by atoms with van der Waals surface area (Å²) in [4.78, 5) is 0. The summed E-state index contributed by atoms with van der Waals surface area (Å²) >= 11 is 0.625. The first-order valence-electron chi connectivity index (χ1n) is 4.46. The van der Waals surface area contributed by atoms with E-state index in [1.807, 2.05) is 0 Å². The van der Waals surface area contributed by atoms with Crippen molar-refractivity contribution in [3.63, 3.8) is 0 Å². The third kappa shape index (κ3) is 35.5. The van der Waals surface area contributed by atoms with Crippen molar-refractivity contribution >= 4 is 30.9 Å². The maximum atomic E-state index is 2.28. The van der Waals surface area contributed by atoms with Crippen molar-refractivity contribution in [2.45, 2.75) is 48.7 Å². The first-order valence-corrected chi connectivity index (χ1v) is 11.3. The van der Waals surface area contributed by atoms with Crippen LogP contribution >= 0.6 is 0 Å². The van der Waals surface area contributed by atoms with Gasteiger partial charge in [0.25, 0.3) is 0 Å². The minimum absolute atomic E-state index is 0. The van der Waals surface area contributed by atoms with Crippen molar-refractivity contribution in [3.05, 3.63) is 0 Å². The number of hydrogen-bond donors (Lipinski definition) is 0. The zero-order valence-corrected chi connectivity index (χ0v) is 13.3. The Balaban J connectivity index is -0.000000107. The molecule has 0 unspecified atom stereocenters. The minimum atomic E-state index is 0. The monoisotopic (exact) mass is 284 g/mol. The van der Waals surface area contributed by atoms with Gasteiger partial charge in [-0.2, -0.15) is 0 Å². The van der Waals surface area contributed by atoms with E-state index in [2.05, 4.69) is 27.7 Å². The summed E-state index contributed by atoms with van der Waals surface area (Å²) in [5, 5.41) is 6.00. The second-order valence-electron chi connectivity index (χ2n) is 2.21. The molecular weight excluding hydrogens is 257 g/mol. The maximum Gasteiger partial charge on any atom is -0.412 e. The Morgan fingerprint density at radius 3 is 0.818 bits per heavy atom. The van der Waals surface area contributed by atoms with Crippen LogP contribution in [0, 0.1) is 0 Å². The van der Waals surface area contributed by atoms with E-state index in [0.29, 0.717) is 30.9 Å². The normalized spacial score (nSPS) is 7.64. The van der Waals surface area contributed by atoms with Crippen LogP contribution in [-0.2, 0) is 0 Å². The summed E-state index contributed by atoms with van der Waals surface area (Å²) in [5.41, 5.74) is 0. The van der Waals surface area contributed by atoms with Gasteiger partial charge < -0.3 is 5.48 Å². The molecule has 1 nitrogen and oxygen atoms in total. The second kappa shape index (κ2) is 22.5. The Morgan fingerprint density at radius 1 is 0.636 bits per heavy atom. The van der Waals surface area contributed by atoms with Crippen LogP contribution in [0.15, 0.2) is 0 Å². The van der Waals surface area contributed by atoms with E-state index in [1.54, 1.807) is 0 Å². The van der Waals surface area contributed by atoms with Crippen molar-refractivity contribution in [3.8, 4) is 0 Å². The van der Waals surface area contributed by atoms with Crippen molar-refractivity contribution in [2.24, 2.45) is 0 Å². The summed E-state index contributed by atoms with van der Waals surface area (Å²) in [6.07, 6.45) is 0. The third-order valence-corrected chi connectivity index (χ3v) is 6.00. The standard InChI is InChI=1S/2C4H11Ge.H2O/c2*1-3-5-4-2;/h2*5H,3-4H2,1-2H3;1H2. The summed E-state index contributed by atoms with van der Waals surface area (Å²) in [6, 6.07) is 0. The van der Waals surface area contributed by atoms with Gasteiger partial charge in [0.05, 0.1) is 0 Å². The van der Waals surface area contributed by atoms with Crippen LogP contribution < -0.4 is 0 Å². The summed E-state index contributed by atoms with van der Waals surface area (Å²) in [5.74, 6) is 0. The van der Waals surface area contributed by atoms with E-state index >= 15 is 0 Å². The quantitative estimate of drug-likeness (QED) is 0.704. The number of hydrogen-bond acceptors (Lipinski definition) is 0. The SMILES string of the molecule is C[CH2][GeH][CH2]C.C[CH2][GeH][CH2]C.O. The molecule has 2 radical (unpaired) electrons. The van der Waals surface area contributed by atoms with Gasteiger partial charge in [-0.1, -0.05) is 0 Å². The fourth-order valence-electron chi connectivity index (χ4n) is 0.577. The summed E-state index contributed by atoms with van der Waals surface area (Å²) in [7, 11) is 0. The predicted molar refractivity (Wildman–Crippen MR) is 59.8 cm³/mol. The fraction of sp³-hybridized carbons (Fsp3) is 1.00. The van der Waals surface area contributed by atoms with Gasteiger partial charge >= 0.3 is 79.6 Å². The van der Waals surface area contributed by atoms with Crippen LogP contribution in [0.25, 0.3) is 0 Å². The molecule has 0 fully saturated rings. The molecule has 3 heteroatoms. The van der Waals surface area contributed by atoms with E-state index in [-0.39, 0.29) is 5.48 Å². The molecule has 0 aliphatic carbocycles. The van der Waals surface area contributed by atoms with Crippen molar-refractivity contribution in [2.75, 3.05) is 0 Å². The van der Waals surface area contributed by atoms with E-state index in [0.717, 1.165) is 0 Å². The molecule has 0 atom stereocenters. The Bertz CT molecular complexity index is 33.1. The van der Waals surface area contributed by atoms with Gasteiger partial charge in [-0.3, -0.25) is 0 Å². The molecule has 0 aromatic rings. The van der Waals surface area contributed by atoms with E-state index in [9.17, 15) is 0 Å². The van der Waals surface area contributed by atoms with E-state index in [4.69, 9.17) is 0 Å².